The SMILES string of the molecule is COC(=O)c1ccc2c(c1)C(=O)N(C1CCC(N)CC1)C2=O.Cl. The van der Waals surface area contributed by atoms with E-state index in [1.54, 1.807) is 0 Å². The number of esters is 1. The molecule has 0 unspecified atom stereocenters. The molecule has 2 aliphatic rings. The van der Waals surface area contributed by atoms with Gasteiger partial charge in [0.15, 0.2) is 0 Å². The number of hydrogen-bond acceptors (Lipinski definition) is 5. The van der Waals surface area contributed by atoms with E-state index in [0.717, 1.165) is 25.7 Å². The maximum Gasteiger partial charge on any atom is 0.337 e. The molecule has 0 saturated heterocycles. The first-order valence-corrected chi connectivity index (χ1v) is 7.38. The van der Waals surface area contributed by atoms with Gasteiger partial charge in [-0.1, -0.05) is 0 Å². The van der Waals surface area contributed by atoms with Crippen molar-refractivity contribution in [2.45, 2.75) is 37.8 Å². The molecule has 1 aromatic rings. The summed E-state index contributed by atoms with van der Waals surface area (Å²) in [5, 5.41) is 0. The summed E-state index contributed by atoms with van der Waals surface area (Å²) < 4.78 is 4.65. The Balaban J connectivity index is 0.00000192. The fourth-order valence-electron chi connectivity index (χ4n) is 3.20. The minimum absolute atomic E-state index is 0. The Morgan fingerprint density at radius 1 is 1.13 bits per heavy atom. The van der Waals surface area contributed by atoms with Gasteiger partial charge in [0.05, 0.1) is 23.8 Å². The lowest BCUT2D eigenvalue weighted by molar-refractivity contribution is 0.0542. The molecule has 2 amide bonds. The molecule has 1 fully saturated rings. The molecule has 0 radical (unpaired) electrons. The molecular weight excluding hydrogens is 320 g/mol. The topological polar surface area (TPSA) is 89.7 Å². The van der Waals surface area contributed by atoms with E-state index in [9.17, 15) is 14.4 Å². The number of nitrogens with two attached hydrogens (primary N) is 1. The second kappa shape index (κ2) is 6.68. The van der Waals surface area contributed by atoms with E-state index in [1.807, 2.05) is 0 Å². The maximum absolute atomic E-state index is 12.6. The number of carbonyl (C=O) groups is 3. The average Bonchev–Trinajstić information content (AvgIpc) is 2.79. The summed E-state index contributed by atoms with van der Waals surface area (Å²) >= 11 is 0. The highest BCUT2D eigenvalue weighted by molar-refractivity contribution is 6.22. The zero-order valence-corrected chi connectivity index (χ0v) is 13.6. The summed E-state index contributed by atoms with van der Waals surface area (Å²) in [7, 11) is 1.28. The van der Waals surface area contributed by atoms with E-state index < -0.39 is 5.97 Å². The third-order valence-corrected chi connectivity index (χ3v) is 4.45. The van der Waals surface area contributed by atoms with Gasteiger partial charge in [0.2, 0.25) is 0 Å². The van der Waals surface area contributed by atoms with Crippen LogP contribution in [0.3, 0.4) is 0 Å². The van der Waals surface area contributed by atoms with Gasteiger partial charge in [-0.15, -0.1) is 12.4 Å². The van der Waals surface area contributed by atoms with Gasteiger partial charge in [-0.3, -0.25) is 14.5 Å². The Labute approximate surface area is 140 Å². The van der Waals surface area contributed by atoms with Gasteiger partial charge >= 0.3 is 5.97 Å². The highest BCUT2D eigenvalue weighted by atomic mass is 35.5. The summed E-state index contributed by atoms with van der Waals surface area (Å²) in [5.74, 6) is -1.13. The molecule has 2 N–H and O–H groups in total. The molecule has 1 heterocycles. The van der Waals surface area contributed by atoms with Gasteiger partial charge in [-0.2, -0.15) is 0 Å². The Morgan fingerprint density at radius 2 is 1.74 bits per heavy atom. The number of benzene rings is 1. The van der Waals surface area contributed by atoms with E-state index in [-0.39, 0.29) is 47.4 Å². The molecule has 3 rings (SSSR count). The number of methoxy groups -OCH3 is 1. The van der Waals surface area contributed by atoms with E-state index in [0.29, 0.717) is 5.56 Å². The van der Waals surface area contributed by atoms with Crippen molar-refractivity contribution in [2.75, 3.05) is 7.11 Å². The zero-order chi connectivity index (χ0) is 15.9. The van der Waals surface area contributed by atoms with Crippen molar-refractivity contribution in [1.82, 2.24) is 4.90 Å². The van der Waals surface area contributed by atoms with Gasteiger partial charge in [0, 0.05) is 12.1 Å². The van der Waals surface area contributed by atoms with Crippen LogP contribution in [0.15, 0.2) is 18.2 Å². The van der Waals surface area contributed by atoms with Crippen LogP contribution in [0.4, 0.5) is 0 Å². The normalized spacial score (nSPS) is 23.3. The third kappa shape index (κ3) is 2.96. The van der Waals surface area contributed by atoms with Crippen LogP contribution in [0.25, 0.3) is 0 Å². The number of amides is 2. The first-order chi connectivity index (χ1) is 10.5. The Morgan fingerprint density at radius 3 is 2.35 bits per heavy atom. The Kier molecular flexibility index (Phi) is 5.06. The molecule has 0 spiro atoms. The van der Waals surface area contributed by atoms with E-state index >= 15 is 0 Å². The second-order valence-electron chi connectivity index (χ2n) is 5.80. The summed E-state index contributed by atoms with van der Waals surface area (Å²) in [6, 6.07) is 4.52. The molecular formula is C16H19ClN2O4. The lowest BCUT2D eigenvalue weighted by Crippen LogP contribution is -2.43. The maximum atomic E-state index is 12.6. The van der Waals surface area contributed by atoms with E-state index in [2.05, 4.69) is 4.74 Å². The van der Waals surface area contributed by atoms with Crippen molar-refractivity contribution in [3.63, 3.8) is 0 Å². The standard InChI is InChI=1S/C16H18N2O4.ClH/c1-22-16(21)9-2-7-12-13(8-9)15(20)18(14(12)19)11-5-3-10(17)4-6-11;/h2,7-8,10-11H,3-6,17H2,1H3;1H. The molecule has 7 heteroatoms. The molecule has 0 aromatic heterocycles. The first-order valence-electron chi connectivity index (χ1n) is 7.38. The highest BCUT2D eigenvalue weighted by Crippen LogP contribution is 2.31. The van der Waals surface area contributed by atoms with Crippen LogP contribution in [-0.2, 0) is 4.74 Å². The predicted molar refractivity (Wildman–Crippen MR) is 85.8 cm³/mol. The number of nitrogens with zero attached hydrogens (tertiary/aromatic N) is 1. The molecule has 1 aromatic carbocycles. The van der Waals surface area contributed by atoms with Crippen LogP contribution in [-0.4, -0.2) is 41.9 Å². The molecule has 124 valence electrons. The molecule has 1 saturated carbocycles. The van der Waals surface area contributed by atoms with Crippen LogP contribution < -0.4 is 5.73 Å². The number of carbonyl (C=O) groups excluding carboxylic acids is 3. The molecule has 23 heavy (non-hydrogen) atoms. The van der Waals surface area contributed by atoms with E-state index in [1.165, 1.54) is 30.2 Å². The predicted octanol–water partition coefficient (Wildman–Crippen LogP) is 1.76. The number of fused-ring (bicyclic) bond motifs is 1. The molecule has 6 nitrogen and oxygen atoms in total. The van der Waals surface area contributed by atoms with Crippen molar-refractivity contribution in [3.8, 4) is 0 Å². The minimum atomic E-state index is -0.523. The number of halogens is 1. The van der Waals surface area contributed by atoms with Crippen molar-refractivity contribution >= 4 is 30.2 Å². The number of imide groups is 1. The monoisotopic (exact) mass is 338 g/mol. The van der Waals surface area contributed by atoms with Crippen molar-refractivity contribution in [2.24, 2.45) is 5.73 Å². The summed E-state index contributed by atoms with van der Waals surface area (Å²) in [6.45, 7) is 0. The minimum Gasteiger partial charge on any atom is -0.465 e. The highest BCUT2D eigenvalue weighted by Gasteiger charge is 2.41. The van der Waals surface area contributed by atoms with E-state index in [4.69, 9.17) is 5.73 Å². The lowest BCUT2D eigenvalue weighted by Gasteiger charge is -2.31. The Hall–Kier alpha value is -1.92. The van der Waals surface area contributed by atoms with Crippen LogP contribution in [0.5, 0.6) is 0 Å². The fourth-order valence-corrected chi connectivity index (χ4v) is 3.20. The third-order valence-electron chi connectivity index (χ3n) is 4.45. The smallest absolute Gasteiger partial charge is 0.337 e. The van der Waals surface area contributed by atoms with Crippen molar-refractivity contribution in [3.05, 3.63) is 34.9 Å². The molecule has 0 bridgehead atoms. The average molecular weight is 339 g/mol. The number of ether oxygens (including phenoxy) is 1. The summed E-state index contributed by atoms with van der Waals surface area (Å²) in [5.41, 5.74) is 6.79. The number of rotatable bonds is 2. The van der Waals surface area contributed by atoms with Crippen LogP contribution in [0.2, 0.25) is 0 Å². The summed E-state index contributed by atoms with van der Waals surface area (Å²) in [6.07, 6.45) is 3.09. The number of hydrogen-bond donors (Lipinski definition) is 1. The van der Waals surface area contributed by atoms with Gasteiger partial charge < -0.3 is 10.5 Å². The first kappa shape index (κ1) is 17.4. The quantitative estimate of drug-likeness (QED) is 0.655. The van der Waals surface area contributed by atoms with Crippen LogP contribution in [0.1, 0.15) is 56.8 Å². The van der Waals surface area contributed by atoms with Crippen LogP contribution >= 0.6 is 12.4 Å². The van der Waals surface area contributed by atoms with Crippen LogP contribution in [0, 0.1) is 0 Å². The lowest BCUT2D eigenvalue weighted by atomic mass is 9.91. The second-order valence-corrected chi connectivity index (χ2v) is 5.80. The van der Waals surface area contributed by atoms with Gasteiger partial charge in [0.1, 0.15) is 0 Å². The zero-order valence-electron chi connectivity index (χ0n) is 12.8. The van der Waals surface area contributed by atoms with Gasteiger partial charge in [-0.25, -0.2) is 4.79 Å². The molecule has 0 atom stereocenters. The molecule has 1 aliphatic heterocycles. The van der Waals surface area contributed by atoms with Crippen molar-refractivity contribution in [1.29, 1.82) is 0 Å². The summed E-state index contributed by atoms with van der Waals surface area (Å²) in [4.78, 5) is 38.0. The fraction of sp³-hybridized carbons (Fsp3) is 0.438. The van der Waals surface area contributed by atoms with Gasteiger partial charge in [-0.05, 0) is 43.9 Å². The van der Waals surface area contributed by atoms with Gasteiger partial charge in [0.25, 0.3) is 11.8 Å². The van der Waals surface area contributed by atoms with Crippen molar-refractivity contribution < 1.29 is 19.1 Å². The Bertz CT molecular complexity index is 653. The molecule has 1 aliphatic carbocycles. The largest absolute Gasteiger partial charge is 0.465 e.